The van der Waals surface area contributed by atoms with Crippen molar-refractivity contribution in [2.75, 3.05) is 36.8 Å². The van der Waals surface area contributed by atoms with E-state index in [1.807, 2.05) is 12.1 Å². The molecule has 2 aliphatic heterocycles. The van der Waals surface area contributed by atoms with Crippen LogP contribution >= 0.6 is 0 Å². The van der Waals surface area contributed by atoms with E-state index in [1.54, 1.807) is 51.1 Å². The Morgan fingerprint density at radius 2 is 1.89 bits per heavy atom. The number of aromatic hydroxyl groups is 1. The van der Waals surface area contributed by atoms with Crippen LogP contribution in [0.5, 0.6) is 5.75 Å². The van der Waals surface area contributed by atoms with Crippen molar-refractivity contribution >= 4 is 41.3 Å². The standard InChI is InChI=1S/C31H36N8O6/c1-31(2,3)45-30(44)39-16-20(17-39)26(41)37-38-28(43)23-15-34-29(35-21-8-9-22-19(14-21)11-13-33-27(22)42)36-25(23)32-12-10-18-6-4-5-7-24(18)40/h4-9,14-15,20,40H,10-13,16-17H2,1-3H3,(H,33,42)(H,37,41)(H,38,43)(H2,32,34,35,36). The van der Waals surface area contributed by atoms with Crippen LogP contribution in [0.15, 0.2) is 48.7 Å². The zero-order valence-electron chi connectivity index (χ0n) is 25.3. The fourth-order valence-corrected chi connectivity index (χ4v) is 4.82. The number of benzene rings is 2. The number of para-hydroxylation sites is 1. The summed E-state index contributed by atoms with van der Waals surface area (Å²) < 4.78 is 5.31. The van der Waals surface area contributed by atoms with Crippen LogP contribution in [0, 0.1) is 5.92 Å². The van der Waals surface area contributed by atoms with Gasteiger partial charge in [0.15, 0.2) is 0 Å². The largest absolute Gasteiger partial charge is 0.508 e. The summed E-state index contributed by atoms with van der Waals surface area (Å²) >= 11 is 0. The minimum atomic E-state index is -0.650. The smallest absolute Gasteiger partial charge is 0.410 e. The molecule has 0 saturated carbocycles. The van der Waals surface area contributed by atoms with Gasteiger partial charge in [-0.25, -0.2) is 9.78 Å². The highest BCUT2D eigenvalue weighted by Crippen LogP contribution is 2.24. The number of hydrazine groups is 1. The average Bonchev–Trinajstić information content (AvgIpc) is 2.95. The second-order valence-electron chi connectivity index (χ2n) is 11.8. The van der Waals surface area contributed by atoms with Crippen LogP contribution in [0.4, 0.5) is 22.2 Å². The maximum atomic E-state index is 13.1. The monoisotopic (exact) mass is 616 g/mol. The number of likely N-dealkylation sites (tertiary alicyclic amines) is 1. The zero-order valence-corrected chi connectivity index (χ0v) is 25.3. The molecule has 4 amide bonds. The summed E-state index contributed by atoms with van der Waals surface area (Å²) in [5.74, 6) is -1.15. The second kappa shape index (κ2) is 13.1. The Morgan fingerprint density at radius 1 is 1.11 bits per heavy atom. The van der Waals surface area contributed by atoms with Crippen molar-refractivity contribution in [1.82, 2.24) is 31.0 Å². The highest BCUT2D eigenvalue weighted by molar-refractivity contribution is 6.00. The first-order valence-electron chi connectivity index (χ1n) is 14.6. The zero-order chi connectivity index (χ0) is 32.1. The Morgan fingerprint density at radius 3 is 2.64 bits per heavy atom. The number of hydrogen-bond donors (Lipinski definition) is 6. The van der Waals surface area contributed by atoms with Gasteiger partial charge >= 0.3 is 6.09 Å². The van der Waals surface area contributed by atoms with Gasteiger partial charge in [-0.1, -0.05) is 18.2 Å². The molecule has 1 fully saturated rings. The number of phenolic OH excluding ortho intramolecular Hbond substituents is 1. The maximum absolute atomic E-state index is 13.1. The molecule has 5 rings (SSSR count). The van der Waals surface area contributed by atoms with Crippen molar-refractivity contribution in [3.8, 4) is 5.75 Å². The van der Waals surface area contributed by atoms with Crippen LogP contribution in [-0.4, -0.2) is 75.6 Å². The molecule has 1 saturated heterocycles. The lowest BCUT2D eigenvalue weighted by Gasteiger charge is -2.38. The van der Waals surface area contributed by atoms with Gasteiger partial charge in [-0.05, 0) is 69.0 Å². The predicted octanol–water partition coefficient (Wildman–Crippen LogP) is 2.49. The van der Waals surface area contributed by atoms with Crippen molar-refractivity contribution in [1.29, 1.82) is 0 Å². The van der Waals surface area contributed by atoms with Crippen molar-refractivity contribution in [3.05, 3.63) is 70.9 Å². The summed E-state index contributed by atoms with van der Waals surface area (Å²) in [6.07, 6.45) is 1.97. The van der Waals surface area contributed by atoms with Crippen LogP contribution in [0.25, 0.3) is 0 Å². The van der Waals surface area contributed by atoms with Crippen LogP contribution in [-0.2, 0) is 22.4 Å². The van der Waals surface area contributed by atoms with Gasteiger partial charge in [-0.2, -0.15) is 4.98 Å². The van der Waals surface area contributed by atoms with Gasteiger partial charge < -0.3 is 30.7 Å². The minimum absolute atomic E-state index is 0.0734. The Bertz CT molecular complexity index is 1620. The molecule has 45 heavy (non-hydrogen) atoms. The van der Waals surface area contributed by atoms with E-state index in [2.05, 4.69) is 36.8 Å². The molecule has 14 nitrogen and oxygen atoms in total. The van der Waals surface area contributed by atoms with Gasteiger partial charge in [-0.3, -0.25) is 25.2 Å². The molecule has 0 unspecified atom stereocenters. The molecular formula is C31H36N8O6. The van der Waals surface area contributed by atoms with Gasteiger partial charge in [0.05, 0.1) is 5.92 Å². The minimum Gasteiger partial charge on any atom is -0.508 e. The number of carbonyl (C=O) groups is 4. The number of nitrogens with zero attached hydrogens (tertiary/aromatic N) is 3. The van der Waals surface area contributed by atoms with Crippen molar-refractivity contribution in [2.24, 2.45) is 5.92 Å². The fourth-order valence-electron chi connectivity index (χ4n) is 4.82. The molecule has 2 aliphatic rings. The van der Waals surface area contributed by atoms with E-state index in [0.29, 0.717) is 37.2 Å². The molecule has 236 valence electrons. The summed E-state index contributed by atoms with van der Waals surface area (Å²) in [6, 6.07) is 12.3. The number of ether oxygens (including phenoxy) is 1. The second-order valence-corrected chi connectivity index (χ2v) is 11.8. The van der Waals surface area contributed by atoms with E-state index >= 15 is 0 Å². The predicted molar refractivity (Wildman–Crippen MR) is 165 cm³/mol. The van der Waals surface area contributed by atoms with Gasteiger partial charge in [0.2, 0.25) is 11.9 Å². The molecule has 2 aromatic carbocycles. The van der Waals surface area contributed by atoms with E-state index in [9.17, 15) is 24.3 Å². The lowest BCUT2D eigenvalue weighted by atomic mass is 10.00. The van der Waals surface area contributed by atoms with Crippen molar-refractivity contribution in [2.45, 2.75) is 39.2 Å². The number of phenols is 1. The lowest BCUT2D eigenvalue weighted by Crippen LogP contribution is -2.58. The van der Waals surface area contributed by atoms with Crippen LogP contribution in [0.1, 0.15) is 52.6 Å². The molecule has 14 heteroatoms. The molecule has 0 atom stereocenters. The fraction of sp³-hybridized carbons (Fsp3) is 0.355. The highest BCUT2D eigenvalue weighted by atomic mass is 16.6. The van der Waals surface area contributed by atoms with Crippen LogP contribution < -0.4 is 26.8 Å². The number of fused-ring (bicyclic) bond motifs is 1. The first kappa shape index (κ1) is 31.0. The Balaban J connectivity index is 1.25. The van der Waals surface area contributed by atoms with E-state index in [4.69, 9.17) is 4.74 Å². The Kier molecular flexibility index (Phi) is 9.02. The third-order valence-corrected chi connectivity index (χ3v) is 7.20. The van der Waals surface area contributed by atoms with Crippen LogP contribution in [0.3, 0.4) is 0 Å². The van der Waals surface area contributed by atoms with Crippen molar-refractivity contribution in [3.63, 3.8) is 0 Å². The first-order valence-corrected chi connectivity index (χ1v) is 14.6. The van der Waals surface area contributed by atoms with Gasteiger partial charge in [0, 0.05) is 43.6 Å². The van der Waals surface area contributed by atoms with Crippen molar-refractivity contribution < 1.29 is 29.0 Å². The average molecular weight is 617 g/mol. The van der Waals surface area contributed by atoms with Gasteiger partial charge in [-0.15, -0.1) is 0 Å². The summed E-state index contributed by atoms with van der Waals surface area (Å²) in [6.45, 7) is 6.53. The number of anilines is 3. The molecule has 0 spiro atoms. The number of amides is 4. The maximum Gasteiger partial charge on any atom is 0.410 e. The third-order valence-electron chi connectivity index (χ3n) is 7.20. The molecule has 3 aromatic rings. The topological polar surface area (TPSA) is 187 Å². The SMILES string of the molecule is CC(C)(C)OC(=O)N1CC(C(=O)NNC(=O)c2cnc(Nc3ccc4c(c3)CCNC4=O)nc2NCCc2ccccc2O)C1. The first-order chi connectivity index (χ1) is 21.5. The summed E-state index contributed by atoms with van der Waals surface area (Å²) in [7, 11) is 0. The van der Waals surface area contributed by atoms with Gasteiger partial charge in [0.1, 0.15) is 22.7 Å². The molecule has 1 aromatic heterocycles. The van der Waals surface area contributed by atoms with Gasteiger partial charge in [0.25, 0.3) is 11.8 Å². The van der Waals surface area contributed by atoms with E-state index in [-0.39, 0.29) is 42.1 Å². The van der Waals surface area contributed by atoms with E-state index in [1.165, 1.54) is 11.1 Å². The molecule has 6 N–H and O–H groups in total. The Labute approximate surface area is 259 Å². The van der Waals surface area contributed by atoms with E-state index < -0.39 is 29.4 Å². The molecular weight excluding hydrogens is 580 g/mol. The summed E-state index contributed by atoms with van der Waals surface area (Å²) in [5, 5.41) is 19.2. The van der Waals surface area contributed by atoms with Crippen LogP contribution in [0.2, 0.25) is 0 Å². The molecule has 0 radical (unpaired) electrons. The third kappa shape index (κ3) is 7.77. The molecule has 3 heterocycles. The number of rotatable bonds is 8. The number of hydrogen-bond acceptors (Lipinski definition) is 10. The highest BCUT2D eigenvalue weighted by Gasteiger charge is 2.38. The molecule has 0 bridgehead atoms. The Hall–Kier alpha value is -5.40. The number of aromatic nitrogens is 2. The quantitative estimate of drug-likeness (QED) is 0.205. The number of nitrogens with one attached hydrogen (secondary N) is 5. The normalized spacial score (nSPS) is 14.4. The number of carbonyl (C=O) groups excluding carboxylic acids is 4. The summed E-state index contributed by atoms with van der Waals surface area (Å²) in [4.78, 5) is 60.3. The lowest BCUT2D eigenvalue weighted by molar-refractivity contribution is -0.130. The molecule has 0 aliphatic carbocycles. The summed E-state index contributed by atoms with van der Waals surface area (Å²) in [5.41, 5.74) is 7.16. The van der Waals surface area contributed by atoms with E-state index in [0.717, 1.165) is 11.1 Å².